The first-order valence-electron chi connectivity index (χ1n) is 7.61. The summed E-state index contributed by atoms with van der Waals surface area (Å²) >= 11 is 0. The van der Waals surface area contributed by atoms with E-state index < -0.39 is 0 Å². The van der Waals surface area contributed by atoms with Crippen molar-refractivity contribution in [1.29, 1.82) is 0 Å². The van der Waals surface area contributed by atoms with E-state index in [-0.39, 0.29) is 11.9 Å². The van der Waals surface area contributed by atoms with Crippen LogP contribution in [0.3, 0.4) is 0 Å². The third-order valence-electron chi connectivity index (χ3n) is 4.07. The van der Waals surface area contributed by atoms with Crippen LogP contribution in [0.5, 0.6) is 0 Å². The molecule has 20 heavy (non-hydrogen) atoms. The fraction of sp³-hybridized carbons (Fsp3) is 0.625. The van der Waals surface area contributed by atoms with Gasteiger partial charge in [0.05, 0.1) is 0 Å². The molecule has 0 saturated carbocycles. The summed E-state index contributed by atoms with van der Waals surface area (Å²) in [6, 6.07) is 7.13. The predicted octanol–water partition coefficient (Wildman–Crippen LogP) is 2.11. The normalized spacial score (nSPS) is 19.1. The van der Waals surface area contributed by atoms with E-state index >= 15 is 0 Å². The molecular formula is C16H26FN3. The van der Waals surface area contributed by atoms with Crippen LogP contribution in [0.4, 0.5) is 4.39 Å². The summed E-state index contributed by atoms with van der Waals surface area (Å²) in [5.74, 6) is -0.114. The number of piperazine rings is 1. The molecular weight excluding hydrogens is 253 g/mol. The number of rotatable bonds is 6. The Labute approximate surface area is 121 Å². The molecule has 1 N–H and O–H groups in total. The van der Waals surface area contributed by atoms with Crippen molar-refractivity contribution in [3.63, 3.8) is 0 Å². The first-order valence-corrected chi connectivity index (χ1v) is 7.61. The average Bonchev–Trinajstić information content (AvgIpc) is 2.48. The number of nitrogens with zero attached hydrogens (tertiary/aromatic N) is 2. The number of nitrogens with one attached hydrogen (secondary N) is 1. The Bertz CT molecular complexity index is 402. The lowest BCUT2D eigenvalue weighted by Crippen LogP contribution is -2.48. The minimum Gasteiger partial charge on any atom is -0.312 e. The molecule has 1 aliphatic rings. The Morgan fingerprint density at radius 1 is 1.15 bits per heavy atom. The molecule has 2 rings (SSSR count). The molecule has 0 radical (unpaired) electrons. The molecule has 0 aliphatic carbocycles. The fourth-order valence-corrected chi connectivity index (χ4v) is 2.87. The van der Waals surface area contributed by atoms with E-state index in [0.717, 1.165) is 38.3 Å². The Balaban J connectivity index is 1.90. The average molecular weight is 279 g/mol. The van der Waals surface area contributed by atoms with Crippen molar-refractivity contribution in [2.45, 2.75) is 19.4 Å². The SMILES string of the molecule is CCCN1CCN(CC(NC)c2ccccc2F)CC1. The van der Waals surface area contributed by atoms with E-state index in [0.29, 0.717) is 0 Å². The molecule has 0 spiro atoms. The molecule has 0 amide bonds. The highest BCUT2D eigenvalue weighted by Crippen LogP contribution is 2.18. The summed E-state index contributed by atoms with van der Waals surface area (Å²) in [7, 11) is 1.91. The number of hydrogen-bond donors (Lipinski definition) is 1. The van der Waals surface area contributed by atoms with Crippen LogP contribution >= 0.6 is 0 Å². The molecule has 1 heterocycles. The van der Waals surface area contributed by atoms with Gasteiger partial charge in [0, 0.05) is 44.3 Å². The van der Waals surface area contributed by atoms with Crippen molar-refractivity contribution in [3.8, 4) is 0 Å². The third kappa shape index (κ3) is 4.01. The molecule has 1 aliphatic heterocycles. The molecule has 1 atom stereocenters. The Hall–Kier alpha value is -0.970. The zero-order chi connectivity index (χ0) is 14.4. The Morgan fingerprint density at radius 2 is 1.80 bits per heavy atom. The van der Waals surface area contributed by atoms with E-state index in [1.54, 1.807) is 12.1 Å². The summed E-state index contributed by atoms with van der Waals surface area (Å²) in [6.07, 6.45) is 1.22. The van der Waals surface area contributed by atoms with Gasteiger partial charge in [-0.05, 0) is 26.1 Å². The third-order valence-corrected chi connectivity index (χ3v) is 4.07. The van der Waals surface area contributed by atoms with Gasteiger partial charge in [0.25, 0.3) is 0 Å². The lowest BCUT2D eigenvalue weighted by molar-refractivity contribution is 0.123. The van der Waals surface area contributed by atoms with E-state index in [1.165, 1.54) is 13.0 Å². The predicted molar refractivity (Wildman–Crippen MR) is 81.4 cm³/mol. The molecule has 1 fully saturated rings. The molecule has 0 aromatic heterocycles. The smallest absolute Gasteiger partial charge is 0.128 e. The zero-order valence-corrected chi connectivity index (χ0v) is 12.6. The van der Waals surface area contributed by atoms with Crippen LogP contribution in [-0.4, -0.2) is 56.1 Å². The summed E-state index contributed by atoms with van der Waals surface area (Å²) in [4.78, 5) is 4.94. The summed E-state index contributed by atoms with van der Waals surface area (Å²) in [6.45, 7) is 8.69. The molecule has 1 unspecified atom stereocenters. The standard InChI is InChI=1S/C16H26FN3/c1-3-8-19-9-11-20(12-10-19)13-16(18-2)14-6-4-5-7-15(14)17/h4-7,16,18H,3,8-13H2,1-2H3. The van der Waals surface area contributed by atoms with E-state index in [4.69, 9.17) is 0 Å². The number of hydrogen-bond acceptors (Lipinski definition) is 3. The maximum Gasteiger partial charge on any atom is 0.128 e. The second kappa shape index (κ2) is 7.72. The Morgan fingerprint density at radius 3 is 2.40 bits per heavy atom. The van der Waals surface area contributed by atoms with Crippen LogP contribution in [-0.2, 0) is 0 Å². The maximum atomic E-state index is 13.9. The highest BCUT2D eigenvalue weighted by atomic mass is 19.1. The summed E-state index contributed by atoms with van der Waals surface area (Å²) in [5, 5.41) is 3.25. The topological polar surface area (TPSA) is 18.5 Å². The molecule has 112 valence electrons. The van der Waals surface area contributed by atoms with Crippen LogP contribution < -0.4 is 5.32 Å². The highest BCUT2D eigenvalue weighted by Gasteiger charge is 2.21. The molecule has 1 saturated heterocycles. The minimum absolute atomic E-state index is 0.0638. The lowest BCUT2D eigenvalue weighted by Gasteiger charge is -2.36. The second-order valence-electron chi connectivity index (χ2n) is 5.51. The lowest BCUT2D eigenvalue weighted by atomic mass is 10.1. The van der Waals surface area contributed by atoms with Gasteiger partial charge >= 0.3 is 0 Å². The zero-order valence-electron chi connectivity index (χ0n) is 12.6. The minimum atomic E-state index is -0.114. The molecule has 1 aromatic rings. The van der Waals surface area contributed by atoms with E-state index in [2.05, 4.69) is 22.0 Å². The van der Waals surface area contributed by atoms with Gasteiger partial charge in [-0.2, -0.15) is 0 Å². The highest BCUT2D eigenvalue weighted by molar-refractivity contribution is 5.21. The first-order chi connectivity index (χ1) is 9.74. The van der Waals surface area contributed by atoms with E-state index in [1.807, 2.05) is 19.2 Å². The van der Waals surface area contributed by atoms with Crippen molar-refractivity contribution >= 4 is 0 Å². The first kappa shape index (κ1) is 15.4. The van der Waals surface area contributed by atoms with Crippen LogP contribution in [0.15, 0.2) is 24.3 Å². The van der Waals surface area contributed by atoms with Crippen molar-refractivity contribution in [3.05, 3.63) is 35.6 Å². The maximum absolute atomic E-state index is 13.9. The van der Waals surface area contributed by atoms with E-state index in [9.17, 15) is 4.39 Å². The van der Waals surface area contributed by atoms with Gasteiger partial charge in [0.1, 0.15) is 5.82 Å². The Kier molecular flexibility index (Phi) is 5.95. The van der Waals surface area contributed by atoms with Gasteiger partial charge in [-0.25, -0.2) is 4.39 Å². The molecule has 4 heteroatoms. The number of halogens is 1. The van der Waals surface area contributed by atoms with Crippen LogP contribution in [0, 0.1) is 5.82 Å². The van der Waals surface area contributed by atoms with Gasteiger partial charge in [-0.15, -0.1) is 0 Å². The van der Waals surface area contributed by atoms with Gasteiger partial charge in [-0.3, -0.25) is 4.90 Å². The number of likely N-dealkylation sites (N-methyl/N-ethyl adjacent to an activating group) is 1. The van der Waals surface area contributed by atoms with Crippen LogP contribution in [0.25, 0.3) is 0 Å². The van der Waals surface area contributed by atoms with Crippen molar-refractivity contribution in [2.75, 3.05) is 46.3 Å². The summed E-state index contributed by atoms with van der Waals surface area (Å²) in [5.41, 5.74) is 0.769. The van der Waals surface area contributed by atoms with Gasteiger partial charge in [0.2, 0.25) is 0 Å². The quantitative estimate of drug-likeness (QED) is 0.860. The summed E-state index contributed by atoms with van der Waals surface area (Å²) < 4.78 is 13.9. The van der Waals surface area contributed by atoms with Gasteiger partial charge < -0.3 is 10.2 Å². The van der Waals surface area contributed by atoms with Gasteiger partial charge in [-0.1, -0.05) is 25.1 Å². The molecule has 1 aromatic carbocycles. The van der Waals surface area contributed by atoms with Crippen molar-refractivity contribution in [1.82, 2.24) is 15.1 Å². The fourth-order valence-electron chi connectivity index (χ4n) is 2.87. The monoisotopic (exact) mass is 279 g/mol. The number of benzene rings is 1. The largest absolute Gasteiger partial charge is 0.312 e. The van der Waals surface area contributed by atoms with Crippen LogP contribution in [0.2, 0.25) is 0 Å². The van der Waals surface area contributed by atoms with Crippen molar-refractivity contribution < 1.29 is 4.39 Å². The van der Waals surface area contributed by atoms with Crippen LogP contribution in [0.1, 0.15) is 24.9 Å². The second-order valence-corrected chi connectivity index (χ2v) is 5.51. The van der Waals surface area contributed by atoms with Crippen molar-refractivity contribution in [2.24, 2.45) is 0 Å². The molecule has 3 nitrogen and oxygen atoms in total. The van der Waals surface area contributed by atoms with Gasteiger partial charge in [0.15, 0.2) is 0 Å². The molecule has 0 bridgehead atoms.